The number of ether oxygens (including phenoxy) is 1. The van der Waals surface area contributed by atoms with Gasteiger partial charge in [-0.2, -0.15) is 0 Å². The molecule has 2 aliphatic rings. The molecule has 3 nitrogen and oxygen atoms in total. The van der Waals surface area contributed by atoms with Crippen molar-refractivity contribution in [2.24, 2.45) is 0 Å². The van der Waals surface area contributed by atoms with E-state index in [1.165, 1.54) is 22.3 Å². The Balaban J connectivity index is 1.64. The van der Waals surface area contributed by atoms with Gasteiger partial charge in [0.05, 0.1) is 13.2 Å². The number of hydrogen-bond donors (Lipinski definition) is 2. The van der Waals surface area contributed by atoms with E-state index in [4.69, 9.17) is 4.74 Å². The van der Waals surface area contributed by atoms with Gasteiger partial charge in [0.15, 0.2) is 0 Å². The molecule has 0 spiro atoms. The van der Waals surface area contributed by atoms with Crippen LogP contribution in [-0.4, -0.2) is 34.6 Å². The average Bonchev–Trinajstić information content (AvgIpc) is 2.91. The monoisotopic (exact) mass is 422 g/mol. The maximum atomic E-state index is 12.1. The van der Waals surface area contributed by atoms with Crippen molar-refractivity contribution in [2.45, 2.75) is 88.3 Å². The van der Waals surface area contributed by atoms with Gasteiger partial charge in [-0.25, -0.2) is 0 Å². The van der Waals surface area contributed by atoms with Crippen molar-refractivity contribution in [3.05, 3.63) is 70.8 Å². The highest BCUT2D eigenvalue weighted by molar-refractivity contribution is 5.52. The largest absolute Gasteiger partial charge is 0.386 e. The molecule has 0 fully saturated rings. The van der Waals surface area contributed by atoms with Crippen LogP contribution in [0.3, 0.4) is 0 Å². The van der Waals surface area contributed by atoms with E-state index in [0.717, 1.165) is 0 Å². The fraction of sp³-hybridized carbons (Fsp3) is 0.571. The van der Waals surface area contributed by atoms with Crippen molar-refractivity contribution in [2.75, 3.05) is 13.2 Å². The minimum absolute atomic E-state index is 0.159. The van der Waals surface area contributed by atoms with E-state index < -0.39 is 32.9 Å². The van der Waals surface area contributed by atoms with E-state index in [1.54, 1.807) is 0 Å². The summed E-state index contributed by atoms with van der Waals surface area (Å²) >= 11 is 0. The van der Waals surface area contributed by atoms with Gasteiger partial charge in [0.2, 0.25) is 0 Å². The first kappa shape index (κ1) is 22.5. The lowest BCUT2D eigenvalue weighted by molar-refractivity contribution is -0.167. The summed E-state index contributed by atoms with van der Waals surface area (Å²) in [6.07, 6.45) is 0. The normalized spacial score (nSPS) is 25.1. The van der Waals surface area contributed by atoms with Crippen LogP contribution >= 0.6 is 0 Å². The Morgan fingerprint density at radius 3 is 0.968 bits per heavy atom. The topological polar surface area (TPSA) is 49.7 Å². The molecular formula is C28H38O3. The van der Waals surface area contributed by atoms with Crippen molar-refractivity contribution in [1.82, 2.24) is 0 Å². The van der Waals surface area contributed by atoms with E-state index in [0.29, 0.717) is 0 Å². The van der Waals surface area contributed by atoms with Gasteiger partial charge in [-0.05, 0) is 22.3 Å². The Bertz CT molecular complexity index is 861. The molecule has 0 heterocycles. The lowest BCUT2D eigenvalue weighted by Crippen LogP contribution is -2.61. The molecule has 2 aromatic carbocycles. The van der Waals surface area contributed by atoms with Crippen molar-refractivity contribution in [3.8, 4) is 0 Å². The summed E-state index contributed by atoms with van der Waals surface area (Å²) in [4.78, 5) is 0. The van der Waals surface area contributed by atoms with Crippen LogP contribution in [0.25, 0.3) is 0 Å². The quantitative estimate of drug-likeness (QED) is 0.729. The predicted molar refractivity (Wildman–Crippen MR) is 126 cm³/mol. The minimum atomic E-state index is -1.10. The first-order valence-corrected chi connectivity index (χ1v) is 11.4. The number of benzene rings is 2. The van der Waals surface area contributed by atoms with Crippen LogP contribution in [0.2, 0.25) is 0 Å². The third kappa shape index (κ3) is 2.52. The van der Waals surface area contributed by atoms with Gasteiger partial charge < -0.3 is 14.9 Å². The summed E-state index contributed by atoms with van der Waals surface area (Å²) < 4.78 is 6.31. The molecule has 168 valence electrons. The predicted octanol–water partition coefficient (Wildman–Crippen LogP) is 5.00. The molecule has 2 aliphatic carbocycles. The van der Waals surface area contributed by atoms with Crippen molar-refractivity contribution in [1.29, 1.82) is 0 Å². The second kappa shape index (κ2) is 6.43. The Hall–Kier alpha value is -1.68. The van der Waals surface area contributed by atoms with Crippen LogP contribution in [0.4, 0.5) is 0 Å². The summed E-state index contributed by atoms with van der Waals surface area (Å²) in [7, 11) is 0. The van der Waals surface area contributed by atoms with Crippen LogP contribution in [0.1, 0.15) is 77.6 Å². The van der Waals surface area contributed by atoms with Crippen molar-refractivity contribution in [3.63, 3.8) is 0 Å². The van der Waals surface area contributed by atoms with Crippen molar-refractivity contribution < 1.29 is 14.9 Å². The molecule has 0 amide bonds. The number of aliphatic hydroxyl groups is 2. The second-order valence-electron chi connectivity index (χ2n) is 11.8. The zero-order valence-electron chi connectivity index (χ0n) is 20.3. The molecular weight excluding hydrogens is 384 g/mol. The van der Waals surface area contributed by atoms with Crippen LogP contribution in [0.15, 0.2) is 48.5 Å². The number of hydrogen-bond acceptors (Lipinski definition) is 3. The summed E-state index contributed by atoms with van der Waals surface area (Å²) in [6, 6.07) is 16.6. The number of fused-ring (bicyclic) bond motifs is 2. The molecule has 0 saturated carbocycles. The molecule has 2 aromatic rings. The van der Waals surface area contributed by atoms with Crippen LogP contribution in [-0.2, 0) is 26.4 Å². The van der Waals surface area contributed by atoms with Crippen LogP contribution in [0.5, 0.6) is 0 Å². The van der Waals surface area contributed by atoms with Gasteiger partial charge in [-0.15, -0.1) is 0 Å². The molecule has 0 radical (unpaired) electrons. The summed E-state index contributed by atoms with van der Waals surface area (Å²) in [5.74, 6) is 0. The molecule has 0 aliphatic heterocycles. The zero-order valence-corrected chi connectivity index (χ0v) is 20.3. The Morgan fingerprint density at radius 1 is 0.516 bits per heavy atom. The molecule has 3 heteroatoms. The van der Waals surface area contributed by atoms with E-state index in [-0.39, 0.29) is 13.2 Å². The lowest BCUT2D eigenvalue weighted by atomic mass is 9.65. The Labute approximate surface area is 187 Å². The van der Waals surface area contributed by atoms with Gasteiger partial charge in [-0.3, -0.25) is 0 Å². The fourth-order valence-electron chi connectivity index (χ4n) is 6.67. The van der Waals surface area contributed by atoms with Crippen molar-refractivity contribution >= 4 is 0 Å². The fourth-order valence-corrected chi connectivity index (χ4v) is 6.67. The van der Waals surface area contributed by atoms with Crippen LogP contribution in [0, 0.1) is 0 Å². The minimum Gasteiger partial charge on any atom is -0.386 e. The van der Waals surface area contributed by atoms with Gasteiger partial charge in [0, 0.05) is 21.7 Å². The summed E-state index contributed by atoms with van der Waals surface area (Å²) in [5, 5.41) is 24.1. The number of rotatable bonds is 4. The molecule has 0 unspecified atom stereocenters. The summed E-state index contributed by atoms with van der Waals surface area (Å²) in [6.45, 7) is 17.1. The van der Waals surface area contributed by atoms with E-state index in [1.807, 2.05) is 24.3 Å². The van der Waals surface area contributed by atoms with E-state index in [9.17, 15) is 10.2 Å². The first-order valence-electron chi connectivity index (χ1n) is 11.4. The third-order valence-electron chi connectivity index (χ3n) is 9.31. The highest BCUT2D eigenvalue weighted by Crippen LogP contribution is 2.58. The first-order chi connectivity index (χ1) is 14.2. The molecule has 31 heavy (non-hydrogen) atoms. The standard InChI is InChI=1S/C28H38O3/c1-23(2)19-13-9-10-14-20(19)24(3,4)27(23,29)17-31-18-28(30)25(5,6)21-15-11-12-16-22(21)26(28,7)8/h9-16,29-30H,17-18H2,1-8H3. The molecule has 0 bridgehead atoms. The highest BCUT2D eigenvalue weighted by atomic mass is 16.5. The Kier molecular flexibility index (Phi) is 4.67. The zero-order chi connectivity index (χ0) is 23.1. The van der Waals surface area contributed by atoms with Gasteiger partial charge in [-0.1, -0.05) is 104 Å². The average molecular weight is 423 g/mol. The van der Waals surface area contributed by atoms with Crippen LogP contribution < -0.4 is 0 Å². The maximum Gasteiger partial charge on any atom is 0.106 e. The maximum absolute atomic E-state index is 12.1. The second-order valence-corrected chi connectivity index (χ2v) is 11.8. The van der Waals surface area contributed by atoms with Gasteiger partial charge in [0.25, 0.3) is 0 Å². The molecule has 0 aromatic heterocycles. The Morgan fingerprint density at radius 2 is 0.742 bits per heavy atom. The molecule has 4 rings (SSSR count). The molecule has 0 atom stereocenters. The van der Waals surface area contributed by atoms with Gasteiger partial charge >= 0.3 is 0 Å². The highest BCUT2D eigenvalue weighted by Gasteiger charge is 2.64. The lowest BCUT2D eigenvalue weighted by Gasteiger charge is -2.48. The molecule has 0 saturated heterocycles. The molecule has 2 N–H and O–H groups in total. The SMILES string of the molecule is CC1(C)c2ccccc2C(C)(C)C1(O)COCC1(O)C(C)(C)c2ccccc2C1(C)C. The van der Waals surface area contributed by atoms with E-state index in [2.05, 4.69) is 79.7 Å². The third-order valence-corrected chi connectivity index (χ3v) is 9.31. The summed E-state index contributed by atoms with van der Waals surface area (Å²) in [5.41, 5.74) is 0.576. The smallest absolute Gasteiger partial charge is 0.106 e. The van der Waals surface area contributed by atoms with E-state index >= 15 is 0 Å². The van der Waals surface area contributed by atoms with Gasteiger partial charge in [0.1, 0.15) is 11.2 Å².